The molecule has 14 heavy (non-hydrogen) atoms. The highest BCUT2D eigenvalue weighted by Crippen LogP contribution is 2.35. The van der Waals surface area contributed by atoms with E-state index in [1.807, 2.05) is 7.05 Å². The van der Waals surface area contributed by atoms with Crippen molar-refractivity contribution in [1.29, 1.82) is 5.26 Å². The van der Waals surface area contributed by atoms with Crippen LogP contribution < -0.4 is 11.1 Å². The van der Waals surface area contributed by atoms with Crippen molar-refractivity contribution in [2.75, 3.05) is 13.6 Å². The van der Waals surface area contributed by atoms with Crippen molar-refractivity contribution in [1.82, 2.24) is 5.32 Å². The van der Waals surface area contributed by atoms with Gasteiger partial charge < -0.3 is 11.1 Å². The van der Waals surface area contributed by atoms with Gasteiger partial charge in [-0.25, -0.2) is 0 Å². The molecule has 1 saturated carbocycles. The van der Waals surface area contributed by atoms with E-state index in [4.69, 9.17) is 11.0 Å². The lowest BCUT2D eigenvalue weighted by atomic mass is 9.73. The molecule has 1 fully saturated rings. The van der Waals surface area contributed by atoms with E-state index in [9.17, 15) is 0 Å². The zero-order valence-corrected chi connectivity index (χ0v) is 9.21. The molecule has 1 aliphatic carbocycles. The van der Waals surface area contributed by atoms with E-state index in [2.05, 4.69) is 18.3 Å². The lowest BCUT2D eigenvalue weighted by Gasteiger charge is -2.36. The van der Waals surface area contributed by atoms with Gasteiger partial charge in [0.15, 0.2) is 0 Å². The highest BCUT2D eigenvalue weighted by Gasteiger charge is 2.35. The smallest absolute Gasteiger partial charge is 0.106 e. The van der Waals surface area contributed by atoms with Gasteiger partial charge in [-0.1, -0.05) is 6.92 Å². The summed E-state index contributed by atoms with van der Waals surface area (Å²) in [6.45, 7) is 2.98. The molecule has 1 rings (SSSR count). The molecule has 0 radical (unpaired) electrons. The molecular formula is C11H21N3. The first-order chi connectivity index (χ1) is 6.67. The van der Waals surface area contributed by atoms with Crippen LogP contribution in [0.15, 0.2) is 0 Å². The molecule has 1 atom stereocenters. The maximum absolute atomic E-state index is 9.09. The van der Waals surface area contributed by atoms with Gasteiger partial charge in [-0.05, 0) is 51.1 Å². The zero-order chi connectivity index (χ0) is 10.6. The van der Waals surface area contributed by atoms with Crippen molar-refractivity contribution in [2.45, 2.75) is 38.1 Å². The van der Waals surface area contributed by atoms with E-state index in [0.717, 1.165) is 38.1 Å². The first kappa shape index (κ1) is 11.5. The molecule has 3 nitrogen and oxygen atoms in total. The molecule has 0 aliphatic heterocycles. The van der Waals surface area contributed by atoms with Gasteiger partial charge in [-0.2, -0.15) is 5.26 Å². The summed E-state index contributed by atoms with van der Waals surface area (Å²) in [7, 11) is 1.88. The highest BCUT2D eigenvalue weighted by atomic mass is 14.9. The molecule has 0 spiro atoms. The van der Waals surface area contributed by atoms with Crippen molar-refractivity contribution >= 4 is 0 Å². The molecule has 1 unspecified atom stereocenters. The molecule has 1 aliphatic rings. The number of nitrogens with zero attached hydrogens (tertiary/aromatic N) is 1. The molecule has 0 bridgehead atoms. The Kier molecular flexibility index (Phi) is 3.91. The van der Waals surface area contributed by atoms with E-state index in [1.165, 1.54) is 0 Å². The number of nitriles is 1. The monoisotopic (exact) mass is 195 g/mol. The van der Waals surface area contributed by atoms with E-state index in [1.54, 1.807) is 0 Å². The highest BCUT2D eigenvalue weighted by molar-refractivity contribution is 5.08. The Morgan fingerprint density at radius 2 is 2.14 bits per heavy atom. The standard InChI is InChI=1S/C11H21N3/c1-9(7-12)10-3-5-11(8-13,14-2)6-4-10/h9-10,14H,3-7,12H2,1-2H3. The molecule has 3 N–H and O–H groups in total. The Labute approximate surface area is 86.7 Å². The van der Waals surface area contributed by atoms with E-state index in [0.29, 0.717) is 5.92 Å². The number of nitrogens with two attached hydrogens (primary N) is 1. The third kappa shape index (κ3) is 2.26. The van der Waals surface area contributed by atoms with E-state index < -0.39 is 0 Å². The lowest BCUT2D eigenvalue weighted by molar-refractivity contribution is 0.202. The average molecular weight is 195 g/mol. The molecular weight excluding hydrogens is 174 g/mol. The fourth-order valence-corrected chi connectivity index (χ4v) is 2.31. The van der Waals surface area contributed by atoms with Gasteiger partial charge in [0, 0.05) is 0 Å². The third-order valence-electron chi connectivity index (χ3n) is 3.75. The van der Waals surface area contributed by atoms with E-state index >= 15 is 0 Å². The van der Waals surface area contributed by atoms with Crippen LogP contribution in [0.4, 0.5) is 0 Å². The van der Waals surface area contributed by atoms with Gasteiger partial charge in [-0.3, -0.25) is 0 Å². The molecule has 0 aromatic carbocycles. The molecule has 80 valence electrons. The van der Waals surface area contributed by atoms with Crippen LogP contribution in [0.1, 0.15) is 32.6 Å². The fourth-order valence-electron chi connectivity index (χ4n) is 2.31. The molecule has 0 heterocycles. The van der Waals surface area contributed by atoms with Gasteiger partial charge in [0.2, 0.25) is 0 Å². The predicted octanol–water partition coefficient (Wildman–Crippen LogP) is 1.25. The first-order valence-corrected chi connectivity index (χ1v) is 5.47. The zero-order valence-electron chi connectivity index (χ0n) is 9.21. The van der Waals surface area contributed by atoms with Crippen LogP contribution in [0.2, 0.25) is 0 Å². The second kappa shape index (κ2) is 4.77. The largest absolute Gasteiger partial charge is 0.330 e. The van der Waals surface area contributed by atoms with Gasteiger partial charge in [0.05, 0.1) is 6.07 Å². The Hall–Kier alpha value is -0.590. The van der Waals surface area contributed by atoms with Crippen LogP contribution in [-0.4, -0.2) is 19.1 Å². The summed E-state index contributed by atoms with van der Waals surface area (Å²) in [6.07, 6.45) is 4.20. The Balaban J connectivity index is 2.49. The average Bonchev–Trinajstić information content (AvgIpc) is 2.28. The molecule has 3 heteroatoms. The van der Waals surface area contributed by atoms with Crippen molar-refractivity contribution in [3.8, 4) is 6.07 Å². The number of nitrogens with one attached hydrogen (secondary N) is 1. The molecule has 0 amide bonds. The minimum absolute atomic E-state index is 0.259. The van der Waals surface area contributed by atoms with Crippen LogP contribution in [0.25, 0.3) is 0 Å². The minimum Gasteiger partial charge on any atom is -0.330 e. The second-order valence-electron chi connectivity index (χ2n) is 4.49. The Bertz CT molecular complexity index is 211. The van der Waals surface area contributed by atoms with Gasteiger partial charge in [0.25, 0.3) is 0 Å². The van der Waals surface area contributed by atoms with Crippen LogP contribution in [0.5, 0.6) is 0 Å². The summed E-state index contributed by atoms with van der Waals surface area (Å²) in [5.74, 6) is 1.32. The first-order valence-electron chi connectivity index (χ1n) is 5.47. The summed E-state index contributed by atoms with van der Waals surface area (Å²) in [5, 5.41) is 12.2. The molecule has 0 aromatic rings. The fraction of sp³-hybridized carbons (Fsp3) is 0.909. The normalized spacial score (nSPS) is 34.9. The van der Waals surface area contributed by atoms with Crippen LogP contribution in [0, 0.1) is 23.2 Å². The van der Waals surface area contributed by atoms with Crippen molar-refractivity contribution in [3.05, 3.63) is 0 Å². The van der Waals surface area contributed by atoms with Crippen LogP contribution in [-0.2, 0) is 0 Å². The second-order valence-corrected chi connectivity index (χ2v) is 4.49. The SMILES string of the molecule is CNC1(C#N)CCC(C(C)CN)CC1. The van der Waals surface area contributed by atoms with Crippen molar-refractivity contribution in [3.63, 3.8) is 0 Å². The summed E-state index contributed by atoms with van der Waals surface area (Å²) >= 11 is 0. The van der Waals surface area contributed by atoms with Gasteiger partial charge >= 0.3 is 0 Å². The Morgan fingerprint density at radius 3 is 2.50 bits per heavy atom. The minimum atomic E-state index is -0.259. The summed E-state index contributed by atoms with van der Waals surface area (Å²) in [4.78, 5) is 0. The molecule has 0 saturated heterocycles. The number of rotatable bonds is 3. The summed E-state index contributed by atoms with van der Waals surface area (Å²) in [6, 6.07) is 2.40. The lowest BCUT2D eigenvalue weighted by Crippen LogP contribution is -2.45. The molecule has 0 aromatic heterocycles. The maximum atomic E-state index is 9.09. The Morgan fingerprint density at radius 1 is 1.57 bits per heavy atom. The van der Waals surface area contributed by atoms with Gasteiger partial charge in [0.1, 0.15) is 5.54 Å². The van der Waals surface area contributed by atoms with Crippen molar-refractivity contribution < 1.29 is 0 Å². The maximum Gasteiger partial charge on any atom is 0.106 e. The predicted molar refractivity (Wildman–Crippen MR) is 57.6 cm³/mol. The van der Waals surface area contributed by atoms with E-state index in [-0.39, 0.29) is 5.54 Å². The summed E-state index contributed by atoms with van der Waals surface area (Å²) < 4.78 is 0. The van der Waals surface area contributed by atoms with Crippen LogP contribution in [0.3, 0.4) is 0 Å². The van der Waals surface area contributed by atoms with Crippen molar-refractivity contribution in [2.24, 2.45) is 17.6 Å². The van der Waals surface area contributed by atoms with Crippen LogP contribution >= 0.6 is 0 Å². The quantitative estimate of drug-likeness (QED) is 0.712. The van der Waals surface area contributed by atoms with Gasteiger partial charge in [-0.15, -0.1) is 0 Å². The summed E-state index contributed by atoms with van der Waals surface area (Å²) in [5.41, 5.74) is 5.40. The topological polar surface area (TPSA) is 61.8 Å². The number of hydrogen-bond acceptors (Lipinski definition) is 3. The third-order valence-corrected chi connectivity index (χ3v) is 3.75. The number of hydrogen-bond donors (Lipinski definition) is 2.